The maximum absolute atomic E-state index is 13.4. The highest BCUT2D eigenvalue weighted by Crippen LogP contribution is 2.42. The highest BCUT2D eigenvalue weighted by atomic mass is 16.7. The van der Waals surface area contributed by atoms with Crippen LogP contribution in [-0.2, 0) is 11.2 Å². The molecule has 4 aromatic rings. The number of amides is 1. The molecule has 0 bridgehead atoms. The third-order valence-electron chi connectivity index (χ3n) is 6.38. The molecule has 3 N–H and O–H groups in total. The van der Waals surface area contributed by atoms with Gasteiger partial charge in [0, 0.05) is 34.9 Å². The van der Waals surface area contributed by atoms with Crippen molar-refractivity contribution in [3.8, 4) is 11.5 Å². The molecule has 3 aromatic carbocycles. The van der Waals surface area contributed by atoms with Crippen LogP contribution >= 0.6 is 0 Å². The fourth-order valence-corrected chi connectivity index (χ4v) is 4.78. The van der Waals surface area contributed by atoms with Crippen molar-refractivity contribution in [1.82, 2.24) is 9.88 Å². The van der Waals surface area contributed by atoms with Crippen molar-refractivity contribution >= 4 is 28.6 Å². The van der Waals surface area contributed by atoms with Gasteiger partial charge in [-0.05, 0) is 59.5 Å². The standard InChI is InChI=1S/C27H23N3O3/c28-19-9-5-17(6-10-19)7-12-25(31)30-14-13-21-20-3-1-2-4-22(20)29-26(21)27(30)18-8-11-23-24(15-18)33-16-32-23/h1-12,15,27,29H,13-14,16,28H2/b12-7+. The van der Waals surface area contributed by atoms with Crippen molar-refractivity contribution in [2.45, 2.75) is 12.5 Å². The summed E-state index contributed by atoms with van der Waals surface area (Å²) >= 11 is 0. The van der Waals surface area contributed by atoms with Crippen LogP contribution in [0.4, 0.5) is 5.69 Å². The molecule has 1 unspecified atom stereocenters. The highest BCUT2D eigenvalue weighted by molar-refractivity contribution is 5.93. The molecule has 1 aromatic heterocycles. The number of fused-ring (bicyclic) bond motifs is 4. The SMILES string of the molecule is Nc1ccc(/C=C/C(=O)N2CCc3c([nH]c4ccccc34)C2c2ccc3c(c2)OCO3)cc1. The zero-order valence-electron chi connectivity index (χ0n) is 18.0. The van der Waals surface area contributed by atoms with Gasteiger partial charge in [0.1, 0.15) is 0 Å². The maximum Gasteiger partial charge on any atom is 0.247 e. The van der Waals surface area contributed by atoms with Gasteiger partial charge in [0.05, 0.1) is 6.04 Å². The number of hydrogen-bond acceptors (Lipinski definition) is 4. The van der Waals surface area contributed by atoms with E-state index in [1.54, 1.807) is 6.08 Å². The van der Waals surface area contributed by atoms with Gasteiger partial charge in [0.15, 0.2) is 11.5 Å². The molecule has 2 aliphatic heterocycles. The molecule has 0 fully saturated rings. The van der Waals surface area contributed by atoms with Gasteiger partial charge in [-0.15, -0.1) is 0 Å². The van der Waals surface area contributed by atoms with Gasteiger partial charge in [0.25, 0.3) is 0 Å². The van der Waals surface area contributed by atoms with Gasteiger partial charge in [-0.2, -0.15) is 0 Å². The minimum Gasteiger partial charge on any atom is -0.454 e. The first kappa shape index (κ1) is 19.5. The van der Waals surface area contributed by atoms with E-state index in [0.29, 0.717) is 18.0 Å². The van der Waals surface area contributed by atoms with Crippen LogP contribution in [0.15, 0.2) is 72.8 Å². The monoisotopic (exact) mass is 437 g/mol. The zero-order chi connectivity index (χ0) is 22.4. The van der Waals surface area contributed by atoms with E-state index in [4.69, 9.17) is 15.2 Å². The molecule has 0 radical (unpaired) electrons. The van der Waals surface area contributed by atoms with Crippen molar-refractivity contribution in [2.75, 3.05) is 19.1 Å². The van der Waals surface area contributed by atoms with E-state index in [2.05, 4.69) is 23.2 Å². The fourth-order valence-electron chi connectivity index (χ4n) is 4.78. The number of aromatic nitrogens is 1. The number of nitrogens with two attached hydrogens (primary N) is 1. The largest absolute Gasteiger partial charge is 0.454 e. The predicted octanol–water partition coefficient (Wildman–Crippen LogP) is 4.67. The molecule has 0 saturated heterocycles. The number of hydrogen-bond donors (Lipinski definition) is 2. The first-order valence-corrected chi connectivity index (χ1v) is 11.0. The average molecular weight is 437 g/mol. The second-order valence-corrected chi connectivity index (χ2v) is 8.36. The first-order chi connectivity index (χ1) is 16.2. The van der Waals surface area contributed by atoms with Gasteiger partial charge in [-0.1, -0.05) is 36.4 Å². The van der Waals surface area contributed by atoms with Crippen molar-refractivity contribution in [2.24, 2.45) is 0 Å². The number of H-pyrrole nitrogens is 1. The summed E-state index contributed by atoms with van der Waals surface area (Å²) in [7, 11) is 0. The van der Waals surface area contributed by atoms with Crippen molar-refractivity contribution in [1.29, 1.82) is 0 Å². The van der Waals surface area contributed by atoms with E-state index < -0.39 is 0 Å². The van der Waals surface area contributed by atoms with Gasteiger partial charge < -0.3 is 25.1 Å². The topological polar surface area (TPSA) is 80.6 Å². The quantitative estimate of drug-likeness (QED) is 0.361. The molecule has 0 saturated carbocycles. The van der Waals surface area contributed by atoms with E-state index in [1.165, 1.54) is 10.9 Å². The normalized spacial score (nSPS) is 17.0. The second kappa shape index (κ2) is 7.74. The van der Waals surface area contributed by atoms with Crippen LogP contribution < -0.4 is 15.2 Å². The number of rotatable bonds is 3. The average Bonchev–Trinajstić information content (AvgIpc) is 3.46. The highest BCUT2D eigenvalue weighted by Gasteiger charge is 2.34. The summed E-state index contributed by atoms with van der Waals surface area (Å²) in [4.78, 5) is 18.9. The molecular weight excluding hydrogens is 414 g/mol. The van der Waals surface area contributed by atoms with Crippen molar-refractivity contribution < 1.29 is 14.3 Å². The minimum atomic E-state index is -0.251. The smallest absolute Gasteiger partial charge is 0.247 e. The molecule has 1 atom stereocenters. The van der Waals surface area contributed by atoms with Gasteiger partial charge >= 0.3 is 0 Å². The van der Waals surface area contributed by atoms with Crippen molar-refractivity contribution in [3.63, 3.8) is 0 Å². The van der Waals surface area contributed by atoms with Crippen molar-refractivity contribution in [3.05, 3.63) is 95.2 Å². The third kappa shape index (κ3) is 3.40. The second-order valence-electron chi connectivity index (χ2n) is 8.36. The molecule has 33 heavy (non-hydrogen) atoms. The summed E-state index contributed by atoms with van der Waals surface area (Å²) < 4.78 is 11.1. The van der Waals surface area contributed by atoms with Crippen LogP contribution in [0.25, 0.3) is 17.0 Å². The number of carbonyl (C=O) groups excluding carboxylic acids is 1. The van der Waals surface area contributed by atoms with E-state index >= 15 is 0 Å². The number of para-hydroxylation sites is 1. The number of carbonyl (C=O) groups is 1. The van der Waals surface area contributed by atoms with Crippen LogP contribution in [0.1, 0.15) is 28.4 Å². The number of anilines is 1. The van der Waals surface area contributed by atoms with E-state index in [0.717, 1.165) is 34.5 Å². The van der Waals surface area contributed by atoms with Crippen LogP contribution in [-0.4, -0.2) is 29.1 Å². The Morgan fingerprint density at radius 2 is 1.85 bits per heavy atom. The summed E-state index contributed by atoms with van der Waals surface area (Å²) in [5, 5.41) is 1.21. The van der Waals surface area contributed by atoms with Gasteiger partial charge in [0.2, 0.25) is 12.7 Å². The Morgan fingerprint density at radius 3 is 2.73 bits per heavy atom. The minimum absolute atomic E-state index is 0.0428. The number of ether oxygens (including phenoxy) is 2. The Balaban J connectivity index is 1.42. The van der Waals surface area contributed by atoms with Crippen LogP contribution in [0.5, 0.6) is 11.5 Å². The lowest BCUT2D eigenvalue weighted by molar-refractivity contribution is -0.128. The molecular formula is C27H23N3O3. The number of nitrogens with zero attached hydrogens (tertiary/aromatic N) is 1. The van der Waals surface area contributed by atoms with E-state index in [1.807, 2.05) is 59.5 Å². The summed E-state index contributed by atoms with van der Waals surface area (Å²) in [5.41, 5.74) is 11.8. The lowest BCUT2D eigenvalue weighted by atomic mass is 9.92. The first-order valence-electron chi connectivity index (χ1n) is 11.0. The summed E-state index contributed by atoms with van der Waals surface area (Å²) in [6, 6.07) is 21.4. The van der Waals surface area contributed by atoms with Crippen LogP contribution in [0, 0.1) is 0 Å². The maximum atomic E-state index is 13.4. The summed E-state index contributed by atoms with van der Waals surface area (Å²) in [6.07, 6.45) is 4.26. The van der Waals surface area contributed by atoms with Crippen LogP contribution in [0.3, 0.4) is 0 Å². The molecule has 6 rings (SSSR count). The molecule has 164 valence electrons. The number of nitrogens with one attached hydrogen (secondary N) is 1. The van der Waals surface area contributed by atoms with Gasteiger partial charge in [-0.3, -0.25) is 4.79 Å². The number of benzene rings is 3. The summed E-state index contributed by atoms with van der Waals surface area (Å²) in [6.45, 7) is 0.840. The Kier molecular flexibility index (Phi) is 4.57. The number of nitrogen functional groups attached to an aromatic ring is 1. The van der Waals surface area contributed by atoms with E-state index in [-0.39, 0.29) is 18.7 Å². The molecule has 6 heteroatoms. The Labute approximate surface area is 191 Å². The Bertz CT molecular complexity index is 1390. The third-order valence-corrected chi connectivity index (χ3v) is 6.38. The molecule has 1 amide bonds. The Hall–Kier alpha value is -4.19. The lowest BCUT2D eigenvalue weighted by Gasteiger charge is -2.35. The molecule has 0 spiro atoms. The molecule has 6 nitrogen and oxygen atoms in total. The predicted molar refractivity (Wildman–Crippen MR) is 128 cm³/mol. The van der Waals surface area contributed by atoms with Gasteiger partial charge in [-0.25, -0.2) is 0 Å². The number of aromatic amines is 1. The summed E-state index contributed by atoms with van der Waals surface area (Å²) in [5.74, 6) is 1.40. The molecule has 2 aliphatic rings. The zero-order valence-corrected chi connectivity index (χ0v) is 18.0. The molecule has 0 aliphatic carbocycles. The lowest BCUT2D eigenvalue weighted by Crippen LogP contribution is -2.39. The fraction of sp³-hybridized carbons (Fsp3) is 0.148. The Morgan fingerprint density at radius 1 is 1.03 bits per heavy atom. The van der Waals surface area contributed by atoms with Crippen LogP contribution in [0.2, 0.25) is 0 Å². The van der Waals surface area contributed by atoms with E-state index in [9.17, 15) is 4.79 Å². The molecule has 3 heterocycles.